The van der Waals surface area contributed by atoms with Crippen molar-refractivity contribution in [1.29, 1.82) is 0 Å². The number of nitrogens with two attached hydrogens (primary N) is 1. The predicted molar refractivity (Wildman–Crippen MR) is 112 cm³/mol. The van der Waals surface area contributed by atoms with Crippen molar-refractivity contribution >= 4 is 27.4 Å². The van der Waals surface area contributed by atoms with Crippen LogP contribution in [0.4, 0.5) is 11.5 Å². The van der Waals surface area contributed by atoms with E-state index in [2.05, 4.69) is 4.98 Å². The van der Waals surface area contributed by atoms with E-state index in [0.717, 1.165) is 19.1 Å². The zero-order valence-electron chi connectivity index (χ0n) is 17.2. The molecule has 0 unspecified atom stereocenters. The summed E-state index contributed by atoms with van der Waals surface area (Å²) < 4.78 is 25.9. The van der Waals surface area contributed by atoms with E-state index >= 15 is 0 Å². The zero-order valence-corrected chi connectivity index (χ0v) is 18.0. The summed E-state index contributed by atoms with van der Waals surface area (Å²) in [7, 11) is -3.28. The van der Waals surface area contributed by atoms with Gasteiger partial charge < -0.3 is 15.5 Å². The molecule has 12 heteroatoms. The van der Waals surface area contributed by atoms with Gasteiger partial charge in [0.1, 0.15) is 11.5 Å². The second-order valence-corrected chi connectivity index (χ2v) is 9.04. The average molecular weight is 431 g/mol. The number of unbranched alkanes of at least 4 members (excludes halogenated alkanes) is 1. The third-order valence-electron chi connectivity index (χ3n) is 5.03. The van der Waals surface area contributed by atoms with Crippen LogP contribution in [0.1, 0.15) is 26.7 Å². The lowest BCUT2D eigenvalue weighted by molar-refractivity contribution is -0.130. The number of aromatic amines is 1. The zero-order chi connectivity index (χ0) is 21.8. The number of hydrogen-bond acceptors (Lipinski definition) is 7. The minimum atomic E-state index is -3.28. The Morgan fingerprint density at radius 3 is 2.31 bits per heavy atom. The first kappa shape index (κ1) is 22.9. The smallest absolute Gasteiger partial charge is 0.330 e. The molecule has 0 spiro atoms. The molecule has 1 aromatic heterocycles. The lowest BCUT2D eigenvalue weighted by Gasteiger charge is -2.34. The van der Waals surface area contributed by atoms with E-state index in [1.165, 1.54) is 8.87 Å². The van der Waals surface area contributed by atoms with Gasteiger partial charge in [-0.05, 0) is 13.3 Å². The first-order valence-corrected chi connectivity index (χ1v) is 11.5. The van der Waals surface area contributed by atoms with Crippen LogP contribution in [0.25, 0.3) is 0 Å². The van der Waals surface area contributed by atoms with Crippen LogP contribution in [-0.4, -0.2) is 78.6 Å². The number of hydrogen-bond donors (Lipinski definition) is 2. The molecular weight excluding hydrogens is 400 g/mol. The van der Waals surface area contributed by atoms with Crippen LogP contribution >= 0.6 is 0 Å². The number of nitrogens with zero attached hydrogens (tertiary/aromatic N) is 4. The van der Waals surface area contributed by atoms with Gasteiger partial charge in [-0.3, -0.25) is 19.1 Å². The molecule has 1 saturated heterocycles. The molecule has 29 heavy (non-hydrogen) atoms. The number of anilines is 2. The van der Waals surface area contributed by atoms with Gasteiger partial charge in [-0.2, -0.15) is 4.31 Å². The van der Waals surface area contributed by atoms with E-state index < -0.39 is 21.3 Å². The number of carbonyl (C=O) groups excluding carboxylic acids is 1. The lowest BCUT2D eigenvalue weighted by Crippen LogP contribution is -2.53. The van der Waals surface area contributed by atoms with Crippen molar-refractivity contribution in [1.82, 2.24) is 18.8 Å². The maximum atomic E-state index is 12.7. The summed E-state index contributed by atoms with van der Waals surface area (Å²) in [5.74, 6) is -0.186. The molecule has 1 aliphatic heterocycles. The Morgan fingerprint density at radius 2 is 1.79 bits per heavy atom. The molecule has 0 aliphatic carbocycles. The first-order chi connectivity index (χ1) is 13.6. The standard InChI is InChI=1S/C17H30N6O5S/c1-4-6-7-23-15(18)14(16(25)19-17(23)26)20(5-2)12-13(24)21-8-10-22(11-9-21)29(3,27)28/h4-12,18H2,1-3H3,(H,19,25,26). The summed E-state index contributed by atoms with van der Waals surface area (Å²) in [5, 5.41) is 0. The van der Waals surface area contributed by atoms with Gasteiger partial charge in [0.25, 0.3) is 5.56 Å². The van der Waals surface area contributed by atoms with E-state index in [-0.39, 0.29) is 50.1 Å². The normalized spacial score (nSPS) is 15.5. The summed E-state index contributed by atoms with van der Waals surface area (Å²) >= 11 is 0. The number of nitrogen functional groups attached to an aromatic ring is 1. The van der Waals surface area contributed by atoms with E-state index in [1.807, 2.05) is 6.92 Å². The molecule has 164 valence electrons. The largest absolute Gasteiger partial charge is 0.383 e. The third kappa shape index (κ3) is 5.38. The monoisotopic (exact) mass is 430 g/mol. The molecule has 2 rings (SSSR count). The second kappa shape index (κ2) is 9.44. The highest BCUT2D eigenvalue weighted by molar-refractivity contribution is 7.88. The molecule has 11 nitrogen and oxygen atoms in total. The van der Waals surface area contributed by atoms with Crippen molar-refractivity contribution in [3.05, 3.63) is 20.8 Å². The molecule has 1 aliphatic rings. The van der Waals surface area contributed by atoms with E-state index in [9.17, 15) is 22.8 Å². The van der Waals surface area contributed by atoms with Crippen molar-refractivity contribution in [3.8, 4) is 0 Å². The lowest BCUT2D eigenvalue weighted by atomic mass is 10.3. The molecular formula is C17H30N6O5S. The van der Waals surface area contributed by atoms with Crippen LogP contribution in [0.2, 0.25) is 0 Å². The van der Waals surface area contributed by atoms with Gasteiger partial charge in [-0.15, -0.1) is 0 Å². The van der Waals surface area contributed by atoms with Crippen LogP contribution in [0.15, 0.2) is 9.59 Å². The SMILES string of the molecule is CCCCn1c(N)c(N(CC)CC(=O)N2CCN(S(C)(=O)=O)CC2)c(=O)[nH]c1=O. The number of carbonyl (C=O) groups is 1. The molecule has 0 bridgehead atoms. The van der Waals surface area contributed by atoms with Crippen molar-refractivity contribution in [2.24, 2.45) is 0 Å². The fourth-order valence-electron chi connectivity index (χ4n) is 3.30. The molecule has 2 heterocycles. The Kier molecular flexibility index (Phi) is 7.47. The number of amides is 1. The predicted octanol–water partition coefficient (Wildman–Crippen LogP) is -1.15. The third-order valence-corrected chi connectivity index (χ3v) is 6.34. The van der Waals surface area contributed by atoms with Crippen LogP contribution in [0.3, 0.4) is 0 Å². The summed E-state index contributed by atoms with van der Waals surface area (Å²) in [5.41, 5.74) is 5.03. The van der Waals surface area contributed by atoms with Gasteiger partial charge in [0.05, 0.1) is 12.8 Å². The number of nitrogens with one attached hydrogen (secondary N) is 1. The van der Waals surface area contributed by atoms with Crippen LogP contribution in [-0.2, 0) is 21.4 Å². The number of piperazine rings is 1. The Hall–Kier alpha value is -2.34. The molecule has 1 aromatic rings. The van der Waals surface area contributed by atoms with Crippen molar-refractivity contribution < 1.29 is 13.2 Å². The summed E-state index contributed by atoms with van der Waals surface area (Å²) in [6.45, 7) is 5.44. The number of likely N-dealkylation sites (N-methyl/N-ethyl adjacent to an activating group) is 1. The quantitative estimate of drug-likeness (QED) is 0.530. The van der Waals surface area contributed by atoms with Gasteiger partial charge in [-0.25, -0.2) is 13.2 Å². The first-order valence-electron chi connectivity index (χ1n) is 9.70. The van der Waals surface area contributed by atoms with E-state index in [4.69, 9.17) is 5.73 Å². The highest BCUT2D eigenvalue weighted by Gasteiger charge is 2.28. The molecule has 0 saturated carbocycles. The van der Waals surface area contributed by atoms with Gasteiger partial charge in [0, 0.05) is 39.3 Å². The average Bonchev–Trinajstić information content (AvgIpc) is 2.66. The number of rotatable bonds is 8. The Bertz CT molecular complexity index is 946. The van der Waals surface area contributed by atoms with Crippen molar-refractivity contribution in [3.63, 3.8) is 0 Å². The summed E-state index contributed by atoms with van der Waals surface area (Å²) in [4.78, 5) is 42.6. The number of H-pyrrole nitrogens is 1. The molecule has 0 aromatic carbocycles. The summed E-state index contributed by atoms with van der Waals surface area (Å²) in [6.07, 6.45) is 2.73. The van der Waals surface area contributed by atoms with Crippen LogP contribution < -0.4 is 21.9 Å². The minimum absolute atomic E-state index is 0.0451. The number of sulfonamides is 1. The minimum Gasteiger partial charge on any atom is -0.383 e. The van der Waals surface area contributed by atoms with Gasteiger partial charge in [0.15, 0.2) is 0 Å². The Labute approximate surface area is 170 Å². The maximum Gasteiger partial charge on any atom is 0.330 e. The number of aromatic nitrogens is 2. The highest BCUT2D eigenvalue weighted by atomic mass is 32.2. The van der Waals surface area contributed by atoms with E-state index in [1.54, 1.807) is 16.7 Å². The van der Waals surface area contributed by atoms with Crippen molar-refractivity contribution in [2.45, 2.75) is 33.2 Å². The molecule has 0 atom stereocenters. The topological polar surface area (TPSA) is 142 Å². The molecule has 1 amide bonds. The molecule has 1 fully saturated rings. The van der Waals surface area contributed by atoms with Crippen molar-refractivity contribution in [2.75, 3.05) is 56.2 Å². The van der Waals surface area contributed by atoms with Gasteiger partial charge in [0.2, 0.25) is 15.9 Å². The van der Waals surface area contributed by atoms with Gasteiger partial charge in [-0.1, -0.05) is 13.3 Å². The van der Waals surface area contributed by atoms with E-state index in [0.29, 0.717) is 13.1 Å². The van der Waals surface area contributed by atoms with Gasteiger partial charge >= 0.3 is 5.69 Å². The van der Waals surface area contributed by atoms with Crippen LogP contribution in [0, 0.1) is 0 Å². The molecule has 3 N–H and O–H groups in total. The molecule has 0 radical (unpaired) electrons. The highest BCUT2D eigenvalue weighted by Crippen LogP contribution is 2.17. The fraction of sp³-hybridized carbons (Fsp3) is 0.706. The summed E-state index contributed by atoms with van der Waals surface area (Å²) in [6, 6.07) is 0. The van der Waals surface area contributed by atoms with Crippen LogP contribution in [0.5, 0.6) is 0 Å². The Balaban J connectivity index is 2.19. The maximum absolute atomic E-state index is 12.7. The fourth-order valence-corrected chi connectivity index (χ4v) is 4.13. The second-order valence-electron chi connectivity index (χ2n) is 7.06. The Morgan fingerprint density at radius 1 is 1.17 bits per heavy atom.